The SMILES string of the molecule is O=C(NC1CCCC1C(=O)O)c1ccc(=O)[nH]c1. The Kier molecular flexibility index (Phi) is 3.45. The third-order valence-electron chi connectivity index (χ3n) is 3.20. The molecule has 0 saturated heterocycles. The Morgan fingerprint density at radius 3 is 2.72 bits per heavy atom. The molecule has 6 heteroatoms. The Labute approximate surface area is 103 Å². The van der Waals surface area contributed by atoms with E-state index in [1.54, 1.807) is 0 Å². The number of aliphatic carboxylic acids is 1. The Morgan fingerprint density at radius 1 is 1.33 bits per heavy atom. The molecule has 96 valence electrons. The Bertz CT molecular complexity index is 503. The number of hydrogen-bond acceptors (Lipinski definition) is 3. The smallest absolute Gasteiger partial charge is 0.308 e. The van der Waals surface area contributed by atoms with E-state index in [2.05, 4.69) is 10.3 Å². The number of carbonyl (C=O) groups excluding carboxylic acids is 1. The van der Waals surface area contributed by atoms with Gasteiger partial charge in [0.25, 0.3) is 5.91 Å². The number of aromatic amines is 1. The molecule has 0 aromatic carbocycles. The van der Waals surface area contributed by atoms with Gasteiger partial charge in [0.2, 0.25) is 5.56 Å². The van der Waals surface area contributed by atoms with Crippen LogP contribution in [0.3, 0.4) is 0 Å². The van der Waals surface area contributed by atoms with Gasteiger partial charge in [0.1, 0.15) is 0 Å². The number of aromatic nitrogens is 1. The maximum atomic E-state index is 11.9. The lowest BCUT2D eigenvalue weighted by molar-refractivity contribution is -0.142. The Balaban J connectivity index is 2.05. The first-order valence-corrected chi connectivity index (χ1v) is 5.80. The molecule has 2 atom stereocenters. The number of amides is 1. The van der Waals surface area contributed by atoms with Gasteiger partial charge in [-0.05, 0) is 18.9 Å². The van der Waals surface area contributed by atoms with Crippen molar-refractivity contribution >= 4 is 11.9 Å². The minimum Gasteiger partial charge on any atom is -0.481 e. The topological polar surface area (TPSA) is 99.3 Å². The zero-order valence-electron chi connectivity index (χ0n) is 9.68. The third-order valence-corrected chi connectivity index (χ3v) is 3.20. The first-order chi connectivity index (χ1) is 8.58. The summed E-state index contributed by atoms with van der Waals surface area (Å²) in [7, 11) is 0. The van der Waals surface area contributed by atoms with Crippen LogP contribution in [0.1, 0.15) is 29.6 Å². The lowest BCUT2D eigenvalue weighted by Crippen LogP contribution is -2.40. The largest absolute Gasteiger partial charge is 0.481 e. The molecule has 0 spiro atoms. The summed E-state index contributed by atoms with van der Waals surface area (Å²) in [6, 6.07) is 2.35. The number of rotatable bonds is 3. The van der Waals surface area contributed by atoms with Gasteiger partial charge in [0.15, 0.2) is 0 Å². The molecule has 3 N–H and O–H groups in total. The van der Waals surface area contributed by atoms with Crippen LogP contribution in [0, 0.1) is 5.92 Å². The first-order valence-electron chi connectivity index (χ1n) is 5.80. The highest BCUT2D eigenvalue weighted by atomic mass is 16.4. The van der Waals surface area contributed by atoms with Crippen molar-refractivity contribution in [2.24, 2.45) is 5.92 Å². The average molecular weight is 250 g/mol. The van der Waals surface area contributed by atoms with Crippen LogP contribution in [0.25, 0.3) is 0 Å². The van der Waals surface area contributed by atoms with Crippen molar-refractivity contribution in [3.8, 4) is 0 Å². The van der Waals surface area contributed by atoms with Gasteiger partial charge in [-0.3, -0.25) is 14.4 Å². The summed E-state index contributed by atoms with van der Waals surface area (Å²) < 4.78 is 0. The lowest BCUT2D eigenvalue weighted by atomic mass is 10.0. The highest BCUT2D eigenvalue weighted by Gasteiger charge is 2.33. The van der Waals surface area contributed by atoms with E-state index in [0.29, 0.717) is 18.4 Å². The summed E-state index contributed by atoms with van der Waals surface area (Å²) >= 11 is 0. The molecule has 1 aliphatic rings. The molecule has 1 amide bonds. The number of H-pyrrole nitrogens is 1. The maximum absolute atomic E-state index is 11.9. The van der Waals surface area contributed by atoms with E-state index in [0.717, 1.165) is 6.42 Å². The minimum absolute atomic E-state index is 0.282. The molecule has 1 aliphatic carbocycles. The molecule has 2 rings (SSSR count). The number of carboxylic acids is 1. The zero-order valence-corrected chi connectivity index (χ0v) is 9.68. The molecule has 18 heavy (non-hydrogen) atoms. The second kappa shape index (κ2) is 5.03. The summed E-state index contributed by atoms with van der Waals surface area (Å²) in [4.78, 5) is 36.1. The standard InChI is InChI=1S/C12H14N2O4/c15-10-5-4-7(6-13-10)11(16)14-9-3-1-2-8(9)12(17)18/h4-6,8-9H,1-3H2,(H,13,15)(H,14,16)(H,17,18). The molecule has 1 aromatic rings. The summed E-state index contributed by atoms with van der Waals surface area (Å²) in [5.74, 6) is -1.75. The molecule has 0 radical (unpaired) electrons. The van der Waals surface area contributed by atoms with Crippen molar-refractivity contribution in [2.45, 2.75) is 25.3 Å². The molecular weight excluding hydrogens is 236 g/mol. The minimum atomic E-state index is -0.876. The van der Waals surface area contributed by atoms with Crippen molar-refractivity contribution in [1.29, 1.82) is 0 Å². The highest BCUT2D eigenvalue weighted by molar-refractivity contribution is 5.94. The van der Waals surface area contributed by atoms with E-state index in [9.17, 15) is 14.4 Å². The van der Waals surface area contributed by atoms with E-state index >= 15 is 0 Å². The zero-order chi connectivity index (χ0) is 13.1. The van der Waals surface area contributed by atoms with E-state index in [4.69, 9.17) is 5.11 Å². The molecule has 1 aromatic heterocycles. The quantitative estimate of drug-likeness (QED) is 0.721. The van der Waals surface area contributed by atoms with E-state index in [1.165, 1.54) is 18.3 Å². The second-order valence-electron chi connectivity index (χ2n) is 4.40. The molecule has 2 unspecified atom stereocenters. The van der Waals surface area contributed by atoms with Crippen molar-refractivity contribution < 1.29 is 14.7 Å². The Morgan fingerprint density at radius 2 is 2.11 bits per heavy atom. The predicted octanol–water partition coefficient (Wildman–Crippen LogP) is 0.358. The number of carbonyl (C=O) groups is 2. The van der Waals surface area contributed by atoms with Crippen LogP contribution in [0.2, 0.25) is 0 Å². The van der Waals surface area contributed by atoms with Crippen molar-refractivity contribution in [1.82, 2.24) is 10.3 Å². The molecule has 1 fully saturated rings. The highest BCUT2D eigenvalue weighted by Crippen LogP contribution is 2.25. The summed E-state index contributed by atoms with van der Waals surface area (Å²) in [5.41, 5.74) is 0.0430. The first kappa shape index (κ1) is 12.3. The fourth-order valence-corrected chi connectivity index (χ4v) is 2.23. The van der Waals surface area contributed by atoms with Crippen LogP contribution >= 0.6 is 0 Å². The monoisotopic (exact) mass is 250 g/mol. The fourth-order valence-electron chi connectivity index (χ4n) is 2.23. The number of pyridine rings is 1. The maximum Gasteiger partial charge on any atom is 0.308 e. The molecule has 1 heterocycles. The fraction of sp³-hybridized carbons (Fsp3) is 0.417. The van der Waals surface area contributed by atoms with Crippen LogP contribution < -0.4 is 10.9 Å². The number of nitrogens with one attached hydrogen (secondary N) is 2. The third kappa shape index (κ3) is 2.58. The van der Waals surface area contributed by atoms with Crippen LogP contribution in [-0.2, 0) is 4.79 Å². The summed E-state index contributed by atoms with van der Waals surface area (Å²) in [5, 5.41) is 11.7. The normalized spacial score (nSPS) is 22.7. The van der Waals surface area contributed by atoms with Crippen LogP contribution in [-0.4, -0.2) is 28.0 Å². The van der Waals surface area contributed by atoms with Crippen molar-refractivity contribution in [3.05, 3.63) is 34.2 Å². The van der Waals surface area contributed by atoms with Gasteiger partial charge < -0.3 is 15.4 Å². The van der Waals surface area contributed by atoms with Gasteiger partial charge >= 0.3 is 5.97 Å². The van der Waals surface area contributed by atoms with Gasteiger partial charge in [-0.25, -0.2) is 0 Å². The number of carboxylic acid groups (broad SMARTS) is 1. The summed E-state index contributed by atoms with van der Waals surface area (Å²) in [6.45, 7) is 0. The summed E-state index contributed by atoms with van der Waals surface area (Å²) in [6.07, 6.45) is 3.38. The van der Waals surface area contributed by atoms with Gasteiger partial charge in [0, 0.05) is 18.3 Å². The average Bonchev–Trinajstić information content (AvgIpc) is 2.78. The van der Waals surface area contributed by atoms with Gasteiger partial charge in [-0.15, -0.1) is 0 Å². The molecular formula is C12H14N2O4. The van der Waals surface area contributed by atoms with E-state index < -0.39 is 11.9 Å². The lowest BCUT2D eigenvalue weighted by Gasteiger charge is -2.17. The molecule has 1 saturated carbocycles. The second-order valence-corrected chi connectivity index (χ2v) is 4.40. The van der Waals surface area contributed by atoms with E-state index in [-0.39, 0.29) is 17.5 Å². The van der Waals surface area contributed by atoms with Gasteiger partial charge in [-0.2, -0.15) is 0 Å². The number of hydrogen-bond donors (Lipinski definition) is 3. The van der Waals surface area contributed by atoms with Gasteiger partial charge in [0.05, 0.1) is 11.5 Å². The molecule has 6 nitrogen and oxygen atoms in total. The van der Waals surface area contributed by atoms with Crippen LogP contribution in [0.4, 0.5) is 0 Å². The van der Waals surface area contributed by atoms with Crippen LogP contribution in [0.15, 0.2) is 23.1 Å². The molecule has 0 aliphatic heterocycles. The Hall–Kier alpha value is -2.11. The van der Waals surface area contributed by atoms with E-state index in [1.807, 2.05) is 0 Å². The predicted molar refractivity (Wildman–Crippen MR) is 63.3 cm³/mol. The van der Waals surface area contributed by atoms with Crippen molar-refractivity contribution in [2.75, 3.05) is 0 Å². The van der Waals surface area contributed by atoms with Crippen LogP contribution in [0.5, 0.6) is 0 Å². The van der Waals surface area contributed by atoms with Gasteiger partial charge in [-0.1, -0.05) is 6.42 Å². The molecule has 0 bridgehead atoms. The van der Waals surface area contributed by atoms with Crippen molar-refractivity contribution in [3.63, 3.8) is 0 Å².